The first kappa shape index (κ1) is 25.6. The van der Waals surface area contributed by atoms with E-state index in [9.17, 15) is 29.1 Å². The molecule has 0 aromatic heterocycles. The van der Waals surface area contributed by atoms with Gasteiger partial charge in [0.15, 0.2) is 0 Å². The van der Waals surface area contributed by atoms with Crippen LogP contribution in [0.15, 0.2) is 11.3 Å². The summed E-state index contributed by atoms with van der Waals surface area (Å²) in [6.45, 7) is 1.63. The molecular weight excluding hydrogens is 461 g/mol. The molecule has 2 rings (SSSR count). The van der Waals surface area contributed by atoms with E-state index in [1.807, 2.05) is 6.92 Å². The number of carboxylic acids is 1. The first-order chi connectivity index (χ1) is 14.8. The second kappa shape index (κ2) is 12.4. The van der Waals surface area contributed by atoms with Crippen molar-refractivity contribution >= 4 is 60.3 Å². The van der Waals surface area contributed by atoms with Gasteiger partial charge in [-0.15, -0.1) is 11.8 Å². The summed E-state index contributed by atoms with van der Waals surface area (Å²) >= 11 is 6.12. The summed E-state index contributed by atoms with van der Waals surface area (Å²) in [7, 11) is 0.741. The normalized spacial score (nSPS) is 20.3. The number of Topliss-reactive ketones (excluding diaryl/α,β-unsaturated/α-hetero) is 2. The molecule has 2 unspecified atom stereocenters. The molecular formula is C20H25NO7PS2-. The number of nitrogens with zero attached hydrogens (tertiary/aromatic N) is 1. The van der Waals surface area contributed by atoms with Crippen molar-refractivity contribution in [2.75, 3.05) is 18.5 Å². The summed E-state index contributed by atoms with van der Waals surface area (Å²) in [6.07, 6.45) is 2.89. The van der Waals surface area contributed by atoms with E-state index in [1.54, 1.807) is 0 Å². The molecule has 0 saturated carbocycles. The minimum atomic E-state index is -1.50. The molecule has 2 aliphatic rings. The van der Waals surface area contributed by atoms with Gasteiger partial charge in [0.25, 0.3) is 0 Å². The molecule has 2 aliphatic heterocycles. The summed E-state index contributed by atoms with van der Waals surface area (Å²) in [5.74, 6) is -2.68. The van der Waals surface area contributed by atoms with Crippen LogP contribution < -0.4 is 5.11 Å². The Morgan fingerprint density at radius 3 is 2.58 bits per heavy atom. The highest BCUT2D eigenvalue weighted by Crippen LogP contribution is 2.45. The Morgan fingerprint density at radius 2 is 1.94 bits per heavy atom. The fourth-order valence-electron chi connectivity index (χ4n) is 3.51. The van der Waals surface area contributed by atoms with Gasteiger partial charge in [-0.25, -0.2) is 0 Å². The number of amides is 1. The van der Waals surface area contributed by atoms with Crippen molar-refractivity contribution in [3.63, 3.8) is 0 Å². The molecule has 0 aromatic carbocycles. The van der Waals surface area contributed by atoms with Gasteiger partial charge in [0.2, 0.25) is 5.91 Å². The minimum Gasteiger partial charge on any atom is -0.543 e. The maximum atomic E-state index is 12.5. The molecule has 0 aromatic rings. The zero-order chi connectivity index (χ0) is 23.0. The molecule has 0 N–H and O–H groups in total. The first-order valence-corrected chi connectivity index (χ1v) is 13.3. The zero-order valence-electron chi connectivity index (χ0n) is 17.3. The van der Waals surface area contributed by atoms with Gasteiger partial charge in [0.05, 0.1) is 23.0 Å². The van der Waals surface area contributed by atoms with Crippen molar-refractivity contribution in [3.05, 3.63) is 11.3 Å². The van der Waals surface area contributed by atoms with Gasteiger partial charge in [-0.1, -0.05) is 18.7 Å². The van der Waals surface area contributed by atoms with E-state index >= 15 is 0 Å². The third-order valence-electron chi connectivity index (χ3n) is 5.05. The first-order valence-electron chi connectivity index (χ1n) is 10.2. The summed E-state index contributed by atoms with van der Waals surface area (Å²) < 4.78 is 5.17. The van der Waals surface area contributed by atoms with Crippen molar-refractivity contribution in [1.29, 1.82) is 0 Å². The van der Waals surface area contributed by atoms with Crippen LogP contribution in [0.1, 0.15) is 51.9 Å². The van der Waals surface area contributed by atoms with Crippen LogP contribution in [0.25, 0.3) is 0 Å². The number of esters is 1. The number of carbonyl (C=O) groups is 5. The Hall–Kier alpha value is -1.64. The summed E-state index contributed by atoms with van der Waals surface area (Å²) in [6, 6.07) is 0. The molecule has 1 fully saturated rings. The van der Waals surface area contributed by atoms with E-state index in [1.165, 1.54) is 11.8 Å². The number of hydrogen-bond donors (Lipinski definition) is 0. The number of carboxylic acid groups (broad SMARTS) is 1. The number of β-lactam (4-membered cyclic amide) rings is 1. The molecule has 170 valence electrons. The molecule has 31 heavy (non-hydrogen) atoms. The second-order valence-electron chi connectivity index (χ2n) is 7.40. The quantitative estimate of drug-likeness (QED) is 0.204. The fraction of sp³-hybridized carbons (Fsp3) is 0.650. The summed E-state index contributed by atoms with van der Waals surface area (Å²) in [4.78, 5) is 60.8. The largest absolute Gasteiger partial charge is 0.543 e. The predicted molar refractivity (Wildman–Crippen MR) is 117 cm³/mol. The van der Waals surface area contributed by atoms with Crippen LogP contribution in [0.5, 0.6) is 0 Å². The van der Waals surface area contributed by atoms with Gasteiger partial charge in [-0.05, 0) is 20.2 Å². The zero-order valence-corrected chi connectivity index (χ0v) is 19.8. The molecule has 2 atom stereocenters. The molecule has 2 heterocycles. The number of thioether (sulfide) groups is 1. The molecule has 0 spiro atoms. The lowest BCUT2D eigenvalue weighted by Crippen LogP contribution is -2.63. The highest BCUT2D eigenvalue weighted by molar-refractivity contribution is 8.00. The third-order valence-corrected chi connectivity index (χ3v) is 7.40. The Balaban J connectivity index is 1.90. The van der Waals surface area contributed by atoms with E-state index in [-0.39, 0.29) is 48.9 Å². The lowest BCUT2D eigenvalue weighted by Gasteiger charge is -2.50. The topological polar surface area (TPSA) is 121 Å². The maximum Gasteiger partial charge on any atom is 0.306 e. The van der Waals surface area contributed by atoms with E-state index in [4.69, 9.17) is 16.5 Å². The standard InChI is InChI=1S/C20H26NO7PS2/c1-2-4-14(23)9-15-18(25)21-17(20(26)27)12(11-31-19(15)21)10-28-16(24)6-3-5-13(22)7-8-29-30/h15,19H,2-11H2,1H3,(H,26,27)/p-1. The van der Waals surface area contributed by atoms with Crippen molar-refractivity contribution in [2.24, 2.45) is 5.92 Å². The van der Waals surface area contributed by atoms with Gasteiger partial charge in [0, 0.05) is 49.6 Å². The number of hydrogen-bond acceptors (Lipinski definition) is 9. The monoisotopic (exact) mass is 486 g/mol. The smallest absolute Gasteiger partial charge is 0.306 e. The van der Waals surface area contributed by atoms with E-state index in [0.29, 0.717) is 37.4 Å². The molecule has 0 radical (unpaired) electrons. The van der Waals surface area contributed by atoms with Crippen LogP contribution in [0.3, 0.4) is 0 Å². The SMILES string of the molecule is CCCC(=O)CC1C(=O)N2C(C(=O)[O-])=C(COC(=O)CCCC(=O)CCP=S)CSC12. The van der Waals surface area contributed by atoms with Crippen LogP contribution in [-0.4, -0.2) is 58.2 Å². The number of aliphatic carboxylic acids is 1. The Bertz CT molecular complexity index is 798. The van der Waals surface area contributed by atoms with Crippen LogP contribution >= 0.6 is 19.1 Å². The lowest BCUT2D eigenvalue weighted by atomic mass is 9.89. The number of rotatable bonds is 14. The van der Waals surface area contributed by atoms with Gasteiger partial charge < -0.3 is 14.6 Å². The van der Waals surface area contributed by atoms with Gasteiger partial charge in [-0.2, -0.15) is 0 Å². The lowest BCUT2D eigenvalue weighted by molar-refractivity contribution is -0.301. The number of ether oxygens (including phenoxy) is 1. The predicted octanol–water partition coefficient (Wildman–Crippen LogP) is 1.36. The van der Waals surface area contributed by atoms with Gasteiger partial charge in [0.1, 0.15) is 18.2 Å². The van der Waals surface area contributed by atoms with Crippen LogP contribution in [-0.2, 0) is 40.5 Å². The number of ketones is 2. The van der Waals surface area contributed by atoms with E-state index < -0.39 is 29.1 Å². The van der Waals surface area contributed by atoms with Crippen molar-refractivity contribution in [1.82, 2.24) is 4.90 Å². The number of fused-ring (bicyclic) bond motifs is 1. The van der Waals surface area contributed by atoms with Gasteiger partial charge in [-0.3, -0.25) is 24.1 Å². The molecule has 1 amide bonds. The molecule has 0 aliphatic carbocycles. The molecule has 11 heteroatoms. The highest BCUT2D eigenvalue weighted by atomic mass is 32.4. The fourth-order valence-corrected chi connectivity index (χ4v) is 5.52. The maximum absolute atomic E-state index is 12.5. The Kier molecular flexibility index (Phi) is 10.3. The average Bonchev–Trinajstić information content (AvgIpc) is 2.73. The van der Waals surface area contributed by atoms with Crippen molar-refractivity contribution in [3.8, 4) is 0 Å². The molecule has 0 bridgehead atoms. The Labute approximate surface area is 192 Å². The highest BCUT2D eigenvalue weighted by Gasteiger charge is 2.52. The third kappa shape index (κ3) is 6.92. The Morgan fingerprint density at radius 1 is 1.19 bits per heavy atom. The van der Waals surface area contributed by atoms with Crippen molar-refractivity contribution in [2.45, 2.75) is 57.2 Å². The average molecular weight is 487 g/mol. The van der Waals surface area contributed by atoms with E-state index in [0.717, 1.165) is 12.3 Å². The minimum absolute atomic E-state index is 0.0120. The summed E-state index contributed by atoms with van der Waals surface area (Å²) in [5, 5.41) is 11.3. The molecule has 1 saturated heterocycles. The summed E-state index contributed by atoms with van der Waals surface area (Å²) in [5.41, 5.74) is 0.0285. The van der Waals surface area contributed by atoms with Gasteiger partial charge >= 0.3 is 5.97 Å². The number of carbonyl (C=O) groups excluding carboxylic acids is 5. The van der Waals surface area contributed by atoms with E-state index in [2.05, 4.69) is 0 Å². The van der Waals surface area contributed by atoms with Crippen molar-refractivity contribution < 1.29 is 33.8 Å². The molecule has 8 nitrogen and oxygen atoms in total. The van der Waals surface area contributed by atoms with Crippen LogP contribution in [0, 0.1) is 5.92 Å². The van der Waals surface area contributed by atoms with Crippen LogP contribution in [0.4, 0.5) is 0 Å². The van der Waals surface area contributed by atoms with Crippen LogP contribution in [0.2, 0.25) is 0 Å². The second-order valence-corrected chi connectivity index (χ2v) is 9.99.